The molecule has 0 fully saturated rings. The zero-order chi connectivity index (χ0) is 21.3. The van der Waals surface area contributed by atoms with Gasteiger partial charge in [-0.15, -0.1) is 11.3 Å². The van der Waals surface area contributed by atoms with Crippen molar-refractivity contribution in [1.29, 1.82) is 5.41 Å². The van der Waals surface area contributed by atoms with Crippen LogP contribution in [0.1, 0.15) is 51.4 Å². The molecule has 0 saturated heterocycles. The Morgan fingerprint density at radius 2 is 2.07 bits per heavy atom. The second kappa shape index (κ2) is 8.31. The molecule has 0 unspecified atom stereocenters. The monoisotopic (exact) mass is 426 g/mol. The number of amides is 1. The van der Waals surface area contributed by atoms with Gasteiger partial charge in [0, 0.05) is 10.3 Å². The second-order valence-corrected chi connectivity index (χ2v) is 7.94. The fraction of sp³-hybridized carbons (Fsp3) is 0.318. The van der Waals surface area contributed by atoms with E-state index in [1.54, 1.807) is 31.2 Å². The van der Waals surface area contributed by atoms with Gasteiger partial charge in [-0.05, 0) is 50.8 Å². The lowest BCUT2D eigenvalue weighted by Gasteiger charge is -2.10. The predicted molar refractivity (Wildman–Crippen MR) is 113 cm³/mol. The largest absolute Gasteiger partial charge is 0.490 e. The summed E-state index contributed by atoms with van der Waals surface area (Å²) in [5.41, 5.74) is 1.63. The van der Waals surface area contributed by atoms with E-state index in [2.05, 4.69) is 5.32 Å². The number of aryl methyl sites for hydroxylation is 1. The minimum atomic E-state index is -0.502. The maximum absolute atomic E-state index is 13.0. The molecule has 0 bridgehead atoms. The molecule has 0 spiro atoms. The highest BCUT2D eigenvalue weighted by Crippen LogP contribution is 2.39. The van der Waals surface area contributed by atoms with Crippen LogP contribution in [0.5, 0.6) is 5.75 Å². The summed E-state index contributed by atoms with van der Waals surface area (Å²) < 4.78 is 16.4. The van der Waals surface area contributed by atoms with Gasteiger partial charge in [0.2, 0.25) is 5.55 Å². The first kappa shape index (κ1) is 20.2. The van der Waals surface area contributed by atoms with Gasteiger partial charge in [0.15, 0.2) is 11.3 Å². The van der Waals surface area contributed by atoms with E-state index in [1.165, 1.54) is 11.3 Å². The molecule has 0 aliphatic heterocycles. The molecule has 4 rings (SSSR count). The Morgan fingerprint density at radius 3 is 2.83 bits per heavy atom. The Hall–Kier alpha value is -3.13. The maximum Gasteiger partial charge on any atom is 0.341 e. The number of carbonyl (C=O) groups is 2. The van der Waals surface area contributed by atoms with Crippen molar-refractivity contribution in [2.75, 3.05) is 18.5 Å². The van der Waals surface area contributed by atoms with E-state index in [-0.39, 0.29) is 17.7 Å². The molecule has 1 aromatic carbocycles. The minimum absolute atomic E-state index is 0.0829. The quantitative estimate of drug-likeness (QED) is 0.573. The van der Waals surface area contributed by atoms with Crippen LogP contribution in [-0.2, 0) is 17.6 Å². The Kier molecular flexibility index (Phi) is 5.59. The van der Waals surface area contributed by atoms with Crippen LogP contribution in [0.4, 0.5) is 5.00 Å². The van der Waals surface area contributed by atoms with Crippen molar-refractivity contribution in [3.63, 3.8) is 0 Å². The van der Waals surface area contributed by atoms with E-state index in [1.807, 2.05) is 6.92 Å². The highest BCUT2D eigenvalue weighted by atomic mass is 32.1. The van der Waals surface area contributed by atoms with Gasteiger partial charge in [-0.3, -0.25) is 10.2 Å². The Bertz CT molecular complexity index is 1190. The molecule has 0 saturated carbocycles. The van der Waals surface area contributed by atoms with Crippen LogP contribution >= 0.6 is 11.3 Å². The number of carbonyl (C=O) groups excluding carboxylic acids is 2. The van der Waals surface area contributed by atoms with E-state index in [4.69, 9.17) is 19.3 Å². The summed E-state index contributed by atoms with van der Waals surface area (Å²) in [6, 6.07) is 6.95. The van der Waals surface area contributed by atoms with Crippen LogP contribution in [-0.4, -0.2) is 25.1 Å². The van der Waals surface area contributed by atoms with Crippen molar-refractivity contribution in [1.82, 2.24) is 0 Å². The summed E-state index contributed by atoms with van der Waals surface area (Å²) in [5, 5.41) is 12.1. The van der Waals surface area contributed by atoms with Gasteiger partial charge < -0.3 is 19.2 Å². The van der Waals surface area contributed by atoms with Gasteiger partial charge in [-0.25, -0.2) is 4.79 Å². The minimum Gasteiger partial charge on any atom is -0.490 e. The van der Waals surface area contributed by atoms with Crippen molar-refractivity contribution in [3.05, 3.63) is 51.4 Å². The molecule has 156 valence electrons. The predicted octanol–water partition coefficient (Wildman–Crippen LogP) is 4.29. The fourth-order valence-electron chi connectivity index (χ4n) is 3.65. The van der Waals surface area contributed by atoms with Crippen molar-refractivity contribution in [2.24, 2.45) is 0 Å². The third kappa shape index (κ3) is 3.59. The van der Waals surface area contributed by atoms with E-state index in [9.17, 15) is 9.59 Å². The van der Waals surface area contributed by atoms with Gasteiger partial charge in [-0.1, -0.05) is 12.1 Å². The van der Waals surface area contributed by atoms with Crippen LogP contribution in [0.25, 0.3) is 11.0 Å². The number of fused-ring (bicyclic) bond motifs is 2. The van der Waals surface area contributed by atoms with Crippen molar-refractivity contribution < 1.29 is 23.5 Å². The smallest absolute Gasteiger partial charge is 0.341 e. The Labute approximate surface area is 177 Å². The van der Waals surface area contributed by atoms with Crippen LogP contribution in [0, 0.1) is 5.41 Å². The highest BCUT2D eigenvalue weighted by molar-refractivity contribution is 7.17. The maximum atomic E-state index is 13.0. The summed E-state index contributed by atoms with van der Waals surface area (Å²) in [4.78, 5) is 26.6. The molecule has 2 heterocycles. The van der Waals surface area contributed by atoms with Crippen molar-refractivity contribution in [3.8, 4) is 5.75 Å². The lowest BCUT2D eigenvalue weighted by Crippen LogP contribution is -2.21. The average Bonchev–Trinajstić information content (AvgIpc) is 3.29. The Balaban J connectivity index is 1.70. The van der Waals surface area contributed by atoms with Gasteiger partial charge in [-0.2, -0.15) is 0 Å². The van der Waals surface area contributed by atoms with Gasteiger partial charge in [0.25, 0.3) is 5.91 Å². The normalized spacial score (nSPS) is 12.6. The molecule has 3 aromatic rings. The van der Waals surface area contributed by atoms with Crippen molar-refractivity contribution in [2.45, 2.75) is 33.1 Å². The van der Waals surface area contributed by atoms with Gasteiger partial charge in [0.05, 0.1) is 18.8 Å². The molecule has 2 aromatic heterocycles. The summed E-state index contributed by atoms with van der Waals surface area (Å²) in [7, 11) is 0. The topological polar surface area (TPSA) is 102 Å². The zero-order valence-electron chi connectivity index (χ0n) is 16.8. The molecule has 8 heteroatoms. The molecule has 1 aliphatic carbocycles. The number of anilines is 1. The summed E-state index contributed by atoms with van der Waals surface area (Å²) in [6.45, 7) is 4.34. The SMILES string of the molecule is CCOC(=O)c1c(NC(=O)c2cc3cccc(OCC)c3oc2=N)sc2c1CCC2. The van der Waals surface area contributed by atoms with E-state index in [0.717, 1.165) is 29.7 Å². The third-order valence-corrected chi connectivity index (χ3v) is 6.14. The summed E-state index contributed by atoms with van der Waals surface area (Å²) >= 11 is 1.40. The highest BCUT2D eigenvalue weighted by Gasteiger charge is 2.29. The molecular formula is C22H22N2O5S. The summed E-state index contributed by atoms with van der Waals surface area (Å²) in [5.74, 6) is -0.407. The molecule has 0 atom stereocenters. The van der Waals surface area contributed by atoms with Crippen LogP contribution in [0.2, 0.25) is 0 Å². The van der Waals surface area contributed by atoms with E-state index < -0.39 is 11.9 Å². The average molecular weight is 426 g/mol. The number of para-hydroxylation sites is 1. The molecule has 30 heavy (non-hydrogen) atoms. The number of hydrogen-bond donors (Lipinski definition) is 2. The molecule has 0 radical (unpaired) electrons. The lowest BCUT2D eigenvalue weighted by molar-refractivity contribution is 0.0527. The number of esters is 1. The van der Waals surface area contributed by atoms with Crippen LogP contribution < -0.4 is 15.6 Å². The van der Waals surface area contributed by atoms with Crippen LogP contribution in [0.3, 0.4) is 0 Å². The lowest BCUT2D eigenvalue weighted by atomic mass is 10.1. The molecule has 1 aliphatic rings. The Morgan fingerprint density at radius 1 is 1.23 bits per heavy atom. The van der Waals surface area contributed by atoms with Crippen molar-refractivity contribution >= 4 is 39.2 Å². The number of nitrogens with one attached hydrogen (secondary N) is 2. The van der Waals surface area contributed by atoms with Gasteiger partial charge in [0.1, 0.15) is 10.6 Å². The first-order chi connectivity index (χ1) is 14.5. The number of benzene rings is 1. The van der Waals surface area contributed by atoms with E-state index >= 15 is 0 Å². The molecule has 1 amide bonds. The fourth-order valence-corrected chi connectivity index (χ4v) is 4.93. The van der Waals surface area contributed by atoms with Crippen LogP contribution in [0.15, 0.2) is 28.7 Å². The summed E-state index contributed by atoms with van der Waals surface area (Å²) in [6.07, 6.45) is 2.67. The zero-order valence-corrected chi connectivity index (χ0v) is 17.6. The number of thiophene rings is 1. The van der Waals surface area contributed by atoms with E-state index in [0.29, 0.717) is 33.9 Å². The third-order valence-electron chi connectivity index (χ3n) is 4.93. The number of ether oxygens (including phenoxy) is 2. The first-order valence-electron chi connectivity index (χ1n) is 9.90. The van der Waals surface area contributed by atoms with Gasteiger partial charge >= 0.3 is 5.97 Å². The number of rotatable bonds is 6. The second-order valence-electron chi connectivity index (χ2n) is 6.83. The molecule has 2 N–H and O–H groups in total. The molecule has 7 nitrogen and oxygen atoms in total. The standard InChI is InChI=1S/C22H22N2O5S/c1-3-27-15-9-5-7-12-11-14(19(23)29-18(12)15)20(25)24-21-17(22(26)28-4-2)13-8-6-10-16(13)30-21/h5,7,9,11,23H,3-4,6,8,10H2,1-2H3,(H,24,25). The molecular weight excluding hydrogens is 404 g/mol. The number of hydrogen-bond acceptors (Lipinski definition) is 7. The first-order valence-corrected chi connectivity index (χ1v) is 10.7.